The summed E-state index contributed by atoms with van der Waals surface area (Å²) in [5.74, 6) is -2.21. The summed E-state index contributed by atoms with van der Waals surface area (Å²) >= 11 is 0. The number of carbonyl (C=O) groups excluding carboxylic acids is 2. The number of nitrogens with one attached hydrogen (secondary N) is 1. The van der Waals surface area contributed by atoms with Gasteiger partial charge in [-0.05, 0) is 24.6 Å². The lowest BCUT2D eigenvalue weighted by atomic mass is 10.1. The van der Waals surface area contributed by atoms with Gasteiger partial charge in [-0.15, -0.1) is 0 Å². The largest absolute Gasteiger partial charge is 0.466 e. The Kier molecular flexibility index (Phi) is 5.43. The van der Waals surface area contributed by atoms with E-state index in [-0.39, 0.29) is 22.5 Å². The fraction of sp³-hybridized carbons (Fsp3) is 0.214. The summed E-state index contributed by atoms with van der Waals surface area (Å²) in [5, 5.41) is 11.5. The third kappa shape index (κ3) is 4.04. The Morgan fingerprint density at radius 2 is 2.00 bits per heavy atom. The zero-order valence-corrected chi connectivity index (χ0v) is 11.7. The van der Waals surface area contributed by atoms with Gasteiger partial charge in [-0.2, -0.15) is 5.26 Å². The lowest BCUT2D eigenvalue weighted by Gasteiger charge is -2.11. The molecule has 0 aliphatic heterocycles. The highest BCUT2D eigenvalue weighted by molar-refractivity contribution is 5.99. The molecule has 1 aromatic carbocycles. The first-order valence-corrected chi connectivity index (χ1v) is 5.78. The van der Waals surface area contributed by atoms with Gasteiger partial charge in [-0.3, -0.25) is 0 Å². The number of nitriles is 1. The van der Waals surface area contributed by atoms with Gasteiger partial charge >= 0.3 is 11.9 Å². The van der Waals surface area contributed by atoms with Crippen LogP contribution in [0.4, 0.5) is 10.1 Å². The average molecular weight is 292 g/mol. The molecule has 1 aromatic rings. The van der Waals surface area contributed by atoms with Crippen molar-refractivity contribution in [2.24, 2.45) is 0 Å². The monoisotopic (exact) mass is 292 g/mol. The van der Waals surface area contributed by atoms with Crippen LogP contribution in [-0.4, -0.2) is 26.2 Å². The van der Waals surface area contributed by atoms with Gasteiger partial charge in [0.05, 0.1) is 31.5 Å². The van der Waals surface area contributed by atoms with E-state index in [1.807, 2.05) is 6.07 Å². The molecule has 0 aliphatic carbocycles. The summed E-state index contributed by atoms with van der Waals surface area (Å²) in [7, 11) is 2.26. The lowest BCUT2D eigenvalue weighted by Crippen LogP contribution is -2.16. The minimum Gasteiger partial charge on any atom is -0.466 e. The first kappa shape index (κ1) is 16.2. The minimum absolute atomic E-state index is 0.0427. The number of halogens is 1. The number of aryl methyl sites for hydroxylation is 1. The summed E-state index contributed by atoms with van der Waals surface area (Å²) in [6.07, 6.45) is 0.852. The highest BCUT2D eigenvalue weighted by Crippen LogP contribution is 2.21. The van der Waals surface area contributed by atoms with Gasteiger partial charge in [0.25, 0.3) is 0 Å². The van der Waals surface area contributed by atoms with Crippen molar-refractivity contribution in [3.63, 3.8) is 0 Å². The van der Waals surface area contributed by atoms with Crippen LogP contribution in [0.25, 0.3) is 0 Å². The molecule has 6 nitrogen and oxygen atoms in total. The van der Waals surface area contributed by atoms with Crippen LogP contribution >= 0.6 is 0 Å². The van der Waals surface area contributed by atoms with E-state index in [2.05, 4.69) is 14.8 Å². The van der Waals surface area contributed by atoms with Gasteiger partial charge in [0.15, 0.2) is 0 Å². The molecule has 1 rings (SSSR count). The highest BCUT2D eigenvalue weighted by Gasteiger charge is 2.16. The normalized spacial score (nSPS) is 10.5. The molecule has 0 saturated heterocycles. The second-order valence-corrected chi connectivity index (χ2v) is 3.96. The molecule has 0 atom stereocenters. The Labute approximate surface area is 120 Å². The van der Waals surface area contributed by atoms with Crippen molar-refractivity contribution < 1.29 is 23.5 Å². The van der Waals surface area contributed by atoms with Gasteiger partial charge < -0.3 is 14.8 Å². The van der Waals surface area contributed by atoms with E-state index in [0.29, 0.717) is 0 Å². The minimum atomic E-state index is -0.856. The number of ether oxygens (including phenoxy) is 2. The van der Waals surface area contributed by atoms with E-state index in [9.17, 15) is 14.0 Å². The molecule has 21 heavy (non-hydrogen) atoms. The first-order chi connectivity index (χ1) is 9.92. The summed E-state index contributed by atoms with van der Waals surface area (Å²) < 4.78 is 22.5. The van der Waals surface area contributed by atoms with Crippen molar-refractivity contribution in [1.82, 2.24) is 0 Å². The van der Waals surface area contributed by atoms with E-state index in [0.717, 1.165) is 26.4 Å². The van der Waals surface area contributed by atoms with Crippen LogP contribution in [0, 0.1) is 24.1 Å². The molecule has 0 spiro atoms. The summed E-state index contributed by atoms with van der Waals surface area (Å²) in [6, 6.07) is 4.25. The van der Waals surface area contributed by atoms with Crippen molar-refractivity contribution in [3.05, 3.63) is 40.8 Å². The van der Waals surface area contributed by atoms with Crippen LogP contribution in [0.5, 0.6) is 0 Å². The zero-order chi connectivity index (χ0) is 16.0. The van der Waals surface area contributed by atoms with Crippen molar-refractivity contribution in [2.45, 2.75) is 6.92 Å². The molecule has 0 radical (unpaired) electrons. The van der Waals surface area contributed by atoms with E-state index >= 15 is 0 Å². The molecule has 1 N–H and O–H groups in total. The Balaban J connectivity index is 3.24. The predicted molar refractivity (Wildman–Crippen MR) is 71.6 cm³/mol. The van der Waals surface area contributed by atoms with E-state index in [4.69, 9.17) is 5.26 Å². The zero-order valence-electron chi connectivity index (χ0n) is 11.7. The maximum atomic E-state index is 13.6. The third-order valence-corrected chi connectivity index (χ3v) is 2.56. The first-order valence-electron chi connectivity index (χ1n) is 5.78. The lowest BCUT2D eigenvalue weighted by molar-refractivity contribution is -0.138. The van der Waals surface area contributed by atoms with Crippen LogP contribution in [0.3, 0.4) is 0 Å². The SMILES string of the molecule is COC(=O)/C=C(/Nc1cc(F)c(C)cc1C#N)C(=O)OC. The van der Waals surface area contributed by atoms with Crippen LogP contribution < -0.4 is 5.32 Å². The molecular weight excluding hydrogens is 279 g/mol. The Hall–Kier alpha value is -2.88. The molecule has 0 aliphatic rings. The maximum absolute atomic E-state index is 13.6. The fourth-order valence-electron chi connectivity index (χ4n) is 1.46. The van der Waals surface area contributed by atoms with E-state index in [1.54, 1.807) is 0 Å². The Morgan fingerprint density at radius 3 is 2.52 bits per heavy atom. The maximum Gasteiger partial charge on any atom is 0.354 e. The third-order valence-electron chi connectivity index (χ3n) is 2.56. The van der Waals surface area contributed by atoms with Crippen LogP contribution in [0.2, 0.25) is 0 Å². The van der Waals surface area contributed by atoms with Crippen molar-refractivity contribution in [2.75, 3.05) is 19.5 Å². The molecule has 0 aromatic heterocycles. The molecule has 0 heterocycles. The number of esters is 2. The number of hydrogen-bond acceptors (Lipinski definition) is 6. The summed E-state index contributed by atoms with van der Waals surface area (Å²) in [5.41, 5.74) is 0.174. The second-order valence-electron chi connectivity index (χ2n) is 3.96. The number of carbonyl (C=O) groups is 2. The van der Waals surface area contributed by atoms with Crippen LogP contribution in [0.15, 0.2) is 23.9 Å². The molecule has 0 fully saturated rings. The van der Waals surface area contributed by atoms with Crippen LogP contribution in [-0.2, 0) is 19.1 Å². The smallest absolute Gasteiger partial charge is 0.354 e. The molecule has 110 valence electrons. The average Bonchev–Trinajstić information content (AvgIpc) is 2.48. The van der Waals surface area contributed by atoms with Gasteiger partial charge in [-0.25, -0.2) is 14.0 Å². The van der Waals surface area contributed by atoms with Crippen LogP contribution in [0.1, 0.15) is 11.1 Å². The Bertz CT molecular complexity index is 647. The topological polar surface area (TPSA) is 88.4 Å². The van der Waals surface area contributed by atoms with Gasteiger partial charge in [0.1, 0.15) is 17.6 Å². The number of anilines is 1. The fourth-order valence-corrected chi connectivity index (χ4v) is 1.46. The molecule has 0 saturated carbocycles. The summed E-state index contributed by atoms with van der Waals surface area (Å²) in [4.78, 5) is 22.8. The Morgan fingerprint density at radius 1 is 1.33 bits per heavy atom. The van der Waals surface area contributed by atoms with Gasteiger partial charge in [0, 0.05) is 0 Å². The molecule has 0 bridgehead atoms. The predicted octanol–water partition coefficient (Wildman–Crippen LogP) is 1.65. The number of rotatable bonds is 4. The molecular formula is C14H13FN2O4. The summed E-state index contributed by atoms with van der Waals surface area (Å²) in [6.45, 7) is 1.51. The highest BCUT2D eigenvalue weighted by atomic mass is 19.1. The molecule has 0 unspecified atom stereocenters. The van der Waals surface area contributed by atoms with Crippen molar-refractivity contribution in [1.29, 1.82) is 5.26 Å². The number of benzene rings is 1. The van der Waals surface area contributed by atoms with E-state index in [1.165, 1.54) is 13.0 Å². The van der Waals surface area contributed by atoms with E-state index < -0.39 is 17.8 Å². The number of hydrogen-bond donors (Lipinski definition) is 1. The van der Waals surface area contributed by atoms with Crippen molar-refractivity contribution >= 4 is 17.6 Å². The molecule has 0 amide bonds. The molecule has 7 heteroatoms. The van der Waals surface area contributed by atoms with Crippen molar-refractivity contribution in [3.8, 4) is 6.07 Å². The standard InChI is InChI=1S/C14H13FN2O4/c1-8-4-9(7-16)11(5-10(8)15)17-12(14(19)21-3)6-13(18)20-2/h4-6,17H,1-3H3/b12-6+. The van der Waals surface area contributed by atoms with Gasteiger partial charge in [-0.1, -0.05) is 0 Å². The number of nitrogens with zero attached hydrogens (tertiary/aromatic N) is 1. The number of methoxy groups -OCH3 is 2. The quantitative estimate of drug-likeness (QED) is 0.670. The second kappa shape index (κ2) is 7.05. The van der Waals surface area contributed by atoms with Gasteiger partial charge in [0.2, 0.25) is 0 Å².